The Labute approximate surface area is 267 Å². The van der Waals surface area contributed by atoms with Crippen LogP contribution in [-0.4, -0.2) is 50.5 Å². The Morgan fingerprint density at radius 1 is 1.16 bits per heavy atom. The van der Waals surface area contributed by atoms with Crippen LogP contribution in [0.3, 0.4) is 0 Å². The molecule has 44 heavy (non-hydrogen) atoms. The minimum atomic E-state index is -3.95. The Kier molecular flexibility index (Phi) is 8.81. The van der Waals surface area contributed by atoms with Gasteiger partial charge >= 0.3 is 0 Å². The van der Waals surface area contributed by atoms with E-state index < -0.39 is 27.3 Å². The van der Waals surface area contributed by atoms with Crippen molar-refractivity contribution in [2.24, 2.45) is 23.7 Å². The topological polar surface area (TPSA) is 95.9 Å². The zero-order valence-corrected chi connectivity index (χ0v) is 27.5. The van der Waals surface area contributed by atoms with Crippen molar-refractivity contribution in [1.82, 2.24) is 4.72 Å². The van der Waals surface area contributed by atoms with Gasteiger partial charge in [0.05, 0.1) is 23.6 Å². The summed E-state index contributed by atoms with van der Waals surface area (Å²) in [6.07, 6.45) is 8.97. The first-order valence-electron chi connectivity index (χ1n) is 16.2. The maximum absolute atomic E-state index is 13.6. The standard InChI is InChI=1S/C35H45ClN2O5S/c1-22(2)15-28-16-23(3)6-12-32(39)29-10-7-26(29)19-38-20-35(14-4-5-24-17-27(36)9-11-30(24)35)21-43-33-13-8-25(18-31(33)38)34(40)37-44(28,41)42/h6,8-9,11-13,17-18,22-23,26,28-29,32,39H,4-5,7,10,14-16,19-21H2,1-3H3,(H,37,40)/b12-6+/t23-,26+,28-,29-,32+,35+/m1/s1. The molecule has 0 saturated heterocycles. The number of nitrogens with zero attached hydrogens (tertiary/aromatic N) is 1. The van der Waals surface area contributed by atoms with Crippen molar-refractivity contribution in [3.8, 4) is 5.75 Å². The molecule has 2 bridgehead atoms. The highest BCUT2D eigenvalue weighted by molar-refractivity contribution is 7.90. The van der Waals surface area contributed by atoms with Gasteiger partial charge in [-0.25, -0.2) is 13.1 Å². The van der Waals surface area contributed by atoms with Crippen molar-refractivity contribution in [1.29, 1.82) is 0 Å². The molecule has 1 saturated carbocycles. The molecular formula is C35H45ClN2O5S. The predicted molar refractivity (Wildman–Crippen MR) is 175 cm³/mol. The number of carbonyl (C=O) groups is 1. The molecule has 1 fully saturated rings. The molecule has 0 unspecified atom stereocenters. The first-order valence-corrected chi connectivity index (χ1v) is 18.1. The van der Waals surface area contributed by atoms with Crippen molar-refractivity contribution < 1.29 is 23.1 Å². The minimum Gasteiger partial charge on any atom is -0.490 e. The molecule has 2 heterocycles. The summed E-state index contributed by atoms with van der Waals surface area (Å²) >= 11 is 6.40. The van der Waals surface area contributed by atoms with Gasteiger partial charge in [0, 0.05) is 29.1 Å². The summed E-state index contributed by atoms with van der Waals surface area (Å²) in [5.41, 5.74) is 3.34. The van der Waals surface area contributed by atoms with Gasteiger partial charge in [0.2, 0.25) is 10.0 Å². The van der Waals surface area contributed by atoms with E-state index >= 15 is 0 Å². The van der Waals surface area contributed by atoms with Gasteiger partial charge in [-0.2, -0.15) is 0 Å². The first kappa shape index (κ1) is 31.4. The Hall–Kier alpha value is -2.55. The number of aliphatic hydroxyl groups excluding tert-OH is 1. The van der Waals surface area contributed by atoms with Crippen LogP contribution in [-0.2, 0) is 21.9 Å². The number of aliphatic hydroxyl groups is 1. The molecule has 0 radical (unpaired) electrons. The Balaban J connectivity index is 1.42. The van der Waals surface area contributed by atoms with Crippen LogP contribution >= 0.6 is 11.6 Å². The van der Waals surface area contributed by atoms with Crippen LogP contribution in [0, 0.1) is 23.7 Å². The van der Waals surface area contributed by atoms with E-state index in [2.05, 4.69) is 21.8 Å². The maximum atomic E-state index is 13.6. The minimum absolute atomic E-state index is 0.0696. The van der Waals surface area contributed by atoms with Crippen LogP contribution in [0.1, 0.15) is 80.8 Å². The molecule has 7 nitrogen and oxygen atoms in total. The number of fused-ring (bicyclic) bond motifs is 4. The quantitative estimate of drug-likeness (QED) is 0.376. The van der Waals surface area contributed by atoms with Crippen molar-refractivity contribution in [2.75, 3.05) is 24.6 Å². The number of halogens is 1. The van der Waals surface area contributed by atoms with Crippen molar-refractivity contribution in [3.05, 3.63) is 70.3 Å². The van der Waals surface area contributed by atoms with Gasteiger partial charge in [-0.15, -0.1) is 0 Å². The van der Waals surface area contributed by atoms with E-state index in [4.69, 9.17) is 16.3 Å². The second-order valence-corrected chi connectivity index (χ2v) is 16.5. The van der Waals surface area contributed by atoms with E-state index in [1.165, 1.54) is 11.1 Å². The van der Waals surface area contributed by atoms with Crippen LogP contribution in [0.25, 0.3) is 0 Å². The molecule has 2 aromatic rings. The Morgan fingerprint density at radius 2 is 1.98 bits per heavy atom. The summed E-state index contributed by atoms with van der Waals surface area (Å²) in [6, 6.07) is 11.4. The molecule has 238 valence electrons. The van der Waals surface area contributed by atoms with Gasteiger partial charge < -0.3 is 14.7 Å². The van der Waals surface area contributed by atoms with Crippen molar-refractivity contribution in [2.45, 2.75) is 82.5 Å². The molecule has 2 aliphatic heterocycles. The number of ether oxygens (including phenoxy) is 1. The number of hydrogen-bond donors (Lipinski definition) is 2. The summed E-state index contributed by atoms with van der Waals surface area (Å²) in [6.45, 7) is 7.87. The van der Waals surface area contributed by atoms with E-state index in [0.717, 1.165) is 42.8 Å². The predicted octanol–water partition coefficient (Wildman–Crippen LogP) is 6.27. The highest BCUT2D eigenvalue weighted by atomic mass is 35.5. The van der Waals surface area contributed by atoms with Gasteiger partial charge in [-0.1, -0.05) is 50.6 Å². The number of carbonyl (C=O) groups excluding carboxylic acids is 1. The Morgan fingerprint density at radius 3 is 2.73 bits per heavy atom. The second-order valence-electron chi connectivity index (χ2n) is 14.1. The van der Waals surface area contributed by atoms with E-state index in [1.54, 1.807) is 18.2 Å². The highest BCUT2D eigenvalue weighted by Crippen LogP contribution is 2.46. The van der Waals surface area contributed by atoms with Crippen molar-refractivity contribution >= 4 is 33.2 Å². The third-order valence-electron chi connectivity index (χ3n) is 10.3. The van der Waals surface area contributed by atoms with Gasteiger partial charge in [0.1, 0.15) is 5.75 Å². The number of anilines is 1. The van der Waals surface area contributed by atoms with Gasteiger partial charge in [-0.3, -0.25) is 4.79 Å². The third kappa shape index (κ3) is 6.27. The molecule has 2 aliphatic carbocycles. The highest BCUT2D eigenvalue weighted by Gasteiger charge is 2.44. The zero-order chi connectivity index (χ0) is 31.2. The average molecular weight is 641 g/mol. The number of rotatable bonds is 2. The van der Waals surface area contributed by atoms with E-state index in [0.29, 0.717) is 43.9 Å². The lowest BCUT2D eigenvalue weighted by Gasteiger charge is -2.45. The summed E-state index contributed by atoms with van der Waals surface area (Å²) in [7, 11) is -3.95. The molecule has 2 aromatic carbocycles. The van der Waals surface area contributed by atoms with E-state index in [9.17, 15) is 18.3 Å². The number of benzene rings is 2. The second kappa shape index (κ2) is 12.3. The number of allylic oxidation sites excluding steroid dienone is 1. The number of sulfonamides is 1. The van der Waals surface area contributed by atoms with Gasteiger partial charge in [-0.05, 0) is 110 Å². The lowest BCUT2D eigenvalue weighted by atomic mass is 9.68. The number of amides is 1. The molecular weight excluding hydrogens is 596 g/mol. The first-order chi connectivity index (χ1) is 20.9. The summed E-state index contributed by atoms with van der Waals surface area (Å²) in [4.78, 5) is 15.9. The smallest absolute Gasteiger partial charge is 0.264 e. The fourth-order valence-corrected chi connectivity index (χ4v) is 9.83. The lowest BCUT2D eigenvalue weighted by Crippen LogP contribution is -2.49. The summed E-state index contributed by atoms with van der Waals surface area (Å²) < 4.78 is 36.2. The number of nitrogens with one attached hydrogen (secondary N) is 1. The molecule has 1 amide bonds. The molecule has 1 spiro atoms. The largest absolute Gasteiger partial charge is 0.490 e. The lowest BCUT2D eigenvalue weighted by molar-refractivity contribution is 0.0454. The summed E-state index contributed by atoms with van der Waals surface area (Å²) in [5.74, 6) is 0.535. The average Bonchev–Trinajstić information content (AvgIpc) is 3.10. The molecule has 0 aromatic heterocycles. The van der Waals surface area contributed by atoms with E-state index in [1.807, 2.05) is 39.0 Å². The zero-order valence-electron chi connectivity index (χ0n) is 26.0. The fourth-order valence-electron chi connectivity index (χ4n) is 7.90. The molecule has 9 heteroatoms. The number of aryl methyl sites for hydroxylation is 1. The normalized spacial score (nSPS) is 32.5. The van der Waals surface area contributed by atoms with Crippen LogP contribution in [0.15, 0.2) is 48.6 Å². The monoisotopic (exact) mass is 640 g/mol. The number of hydrogen-bond acceptors (Lipinski definition) is 6. The van der Waals surface area contributed by atoms with Crippen LogP contribution in [0.5, 0.6) is 5.75 Å². The van der Waals surface area contributed by atoms with E-state index in [-0.39, 0.29) is 29.1 Å². The van der Waals surface area contributed by atoms with Gasteiger partial charge in [0.15, 0.2) is 0 Å². The van der Waals surface area contributed by atoms with Crippen LogP contribution in [0.2, 0.25) is 5.02 Å². The molecule has 6 atom stereocenters. The van der Waals surface area contributed by atoms with Crippen LogP contribution < -0.4 is 14.4 Å². The molecule has 6 rings (SSSR count). The SMILES string of the molecule is CC(C)C[C@@H]1C[C@H](C)/C=C/[C@H](O)[C@@H]2CC[C@H]2CN2C[C@@]3(CCCc4cc(Cl)ccc43)COc3ccc(cc32)C(=O)NS1(=O)=O. The van der Waals surface area contributed by atoms with Crippen LogP contribution in [0.4, 0.5) is 5.69 Å². The maximum Gasteiger partial charge on any atom is 0.264 e. The molecule has 2 N–H and O–H groups in total. The summed E-state index contributed by atoms with van der Waals surface area (Å²) in [5, 5.41) is 11.3. The Bertz CT molecular complexity index is 1540. The van der Waals surface area contributed by atoms with Crippen molar-refractivity contribution in [3.63, 3.8) is 0 Å². The van der Waals surface area contributed by atoms with Gasteiger partial charge in [0.25, 0.3) is 5.91 Å². The molecule has 4 aliphatic rings. The third-order valence-corrected chi connectivity index (χ3v) is 12.3. The fraction of sp³-hybridized carbons (Fsp3) is 0.571.